The van der Waals surface area contributed by atoms with Gasteiger partial charge in [-0.3, -0.25) is 4.79 Å². The summed E-state index contributed by atoms with van der Waals surface area (Å²) in [4.78, 5) is 10.9. The number of ether oxygens (including phenoxy) is 1. The third-order valence-electron chi connectivity index (χ3n) is 4.56. The molecule has 0 N–H and O–H groups in total. The second-order valence-corrected chi connectivity index (χ2v) is 6.88. The fraction of sp³-hybridized carbons (Fsp3) is 0.947. The molecule has 0 heterocycles. The molecular weight excluding hydrogens is 260 g/mol. The van der Waals surface area contributed by atoms with Gasteiger partial charge in [-0.2, -0.15) is 0 Å². The standard InChI is InChI=1S/C19H38O2/c1-6-7-8-9-10-11-13-16(2)14-12-15-17(3)18(4)21-19(5)20/h16-18H,6-15H2,1-5H3/t16?,17-,18-/m1/s1. The average Bonchev–Trinajstić information content (AvgIpc) is 2.41. The van der Waals surface area contributed by atoms with E-state index in [-0.39, 0.29) is 12.1 Å². The summed E-state index contributed by atoms with van der Waals surface area (Å²) in [6, 6.07) is 0. The molecule has 0 spiro atoms. The van der Waals surface area contributed by atoms with Crippen molar-refractivity contribution >= 4 is 5.97 Å². The minimum atomic E-state index is -0.161. The molecule has 0 fully saturated rings. The maximum absolute atomic E-state index is 10.9. The van der Waals surface area contributed by atoms with E-state index in [1.54, 1.807) is 0 Å². The molecule has 0 aromatic rings. The van der Waals surface area contributed by atoms with Crippen LogP contribution >= 0.6 is 0 Å². The summed E-state index contributed by atoms with van der Waals surface area (Å²) in [5, 5.41) is 0. The Morgan fingerprint density at radius 1 is 0.857 bits per heavy atom. The van der Waals surface area contributed by atoms with Crippen molar-refractivity contribution in [2.45, 2.75) is 105 Å². The first kappa shape index (κ1) is 20.5. The molecule has 0 amide bonds. The zero-order valence-corrected chi connectivity index (χ0v) is 15.1. The van der Waals surface area contributed by atoms with Gasteiger partial charge in [0.25, 0.3) is 0 Å². The summed E-state index contributed by atoms with van der Waals surface area (Å²) in [7, 11) is 0. The molecule has 0 bridgehead atoms. The lowest BCUT2D eigenvalue weighted by atomic mass is 9.92. The Bertz CT molecular complexity index is 250. The van der Waals surface area contributed by atoms with E-state index < -0.39 is 0 Å². The SMILES string of the molecule is CCCCCCCCC(C)CCC[C@@H](C)[C@@H](C)OC(C)=O. The van der Waals surface area contributed by atoms with Crippen LogP contribution in [-0.4, -0.2) is 12.1 Å². The topological polar surface area (TPSA) is 26.3 Å². The molecule has 0 aromatic heterocycles. The zero-order chi connectivity index (χ0) is 16.1. The Morgan fingerprint density at radius 3 is 2.05 bits per heavy atom. The van der Waals surface area contributed by atoms with Crippen molar-refractivity contribution < 1.29 is 9.53 Å². The van der Waals surface area contributed by atoms with Crippen LogP contribution in [0.4, 0.5) is 0 Å². The quantitative estimate of drug-likeness (QED) is 0.302. The molecule has 2 heteroatoms. The van der Waals surface area contributed by atoms with Crippen molar-refractivity contribution in [2.75, 3.05) is 0 Å². The Kier molecular flexibility index (Phi) is 12.8. The fourth-order valence-corrected chi connectivity index (χ4v) is 2.82. The van der Waals surface area contributed by atoms with Crippen LogP contribution < -0.4 is 0 Å². The minimum Gasteiger partial charge on any atom is -0.463 e. The Labute approximate surface area is 133 Å². The highest BCUT2D eigenvalue weighted by Gasteiger charge is 2.15. The Hall–Kier alpha value is -0.530. The minimum absolute atomic E-state index is 0.0522. The van der Waals surface area contributed by atoms with Crippen LogP contribution in [0.1, 0.15) is 98.8 Å². The highest BCUT2D eigenvalue weighted by atomic mass is 16.5. The number of esters is 1. The molecule has 126 valence electrons. The predicted molar refractivity (Wildman–Crippen MR) is 91.4 cm³/mol. The molecule has 1 unspecified atom stereocenters. The summed E-state index contributed by atoms with van der Waals surface area (Å²) >= 11 is 0. The maximum atomic E-state index is 10.9. The average molecular weight is 299 g/mol. The summed E-state index contributed by atoms with van der Waals surface area (Å²) in [6.07, 6.45) is 13.5. The third-order valence-corrected chi connectivity index (χ3v) is 4.56. The van der Waals surface area contributed by atoms with Gasteiger partial charge in [-0.25, -0.2) is 0 Å². The first-order chi connectivity index (χ1) is 9.97. The molecular formula is C19H38O2. The van der Waals surface area contributed by atoms with Crippen LogP contribution in [0.25, 0.3) is 0 Å². The Balaban J connectivity index is 3.51. The number of unbranched alkanes of at least 4 members (excludes halogenated alkanes) is 5. The van der Waals surface area contributed by atoms with Gasteiger partial charge in [0, 0.05) is 6.92 Å². The number of rotatable bonds is 13. The van der Waals surface area contributed by atoms with Gasteiger partial charge < -0.3 is 4.74 Å². The zero-order valence-electron chi connectivity index (χ0n) is 15.1. The number of hydrogen-bond donors (Lipinski definition) is 0. The summed E-state index contributed by atoms with van der Waals surface area (Å²) in [5.74, 6) is 1.15. The largest absolute Gasteiger partial charge is 0.463 e. The molecule has 21 heavy (non-hydrogen) atoms. The molecule has 0 aromatic carbocycles. The molecule has 3 atom stereocenters. The van der Waals surface area contributed by atoms with Gasteiger partial charge in [0.2, 0.25) is 0 Å². The highest BCUT2D eigenvalue weighted by Crippen LogP contribution is 2.21. The molecule has 0 rings (SSSR count). The van der Waals surface area contributed by atoms with Crippen molar-refractivity contribution in [1.82, 2.24) is 0 Å². The van der Waals surface area contributed by atoms with E-state index in [1.807, 2.05) is 6.92 Å². The van der Waals surface area contributed by atoms with Crippen LogP contribution in [0, 0.1) is 11.8 Å². The molecule has 0 aliphatic heterocycles. The van der Waals surface area contributed by atoms with E-state index in [4.69, 9.17) is 4.74 Å². The van der Waals surface area contributed by atoms with E-state index in [1.165, 1.54) is 64.7 Å². The second kappa shape index (κ2) is 13.2. The monoisotopic (exact) mass is 298 g/mol. The molecule has 0 radical (unpaired) electrons. The van der Waals surface area contributed by atoms with Crippen LogP contribution in [-0.2, 0) is 9.53 Å². The van der Waals surface area contributed by atoms with Crippen LogP contribution in [0.5, 0.6) is 0 Å². The predicted octanol–water partition coefficient (Wildman–Crippen LogP) is 6.13. The maximum Gasteiger partial charge on any atom is 0.302 e. The first-order valence-electron chi connectivity index (χ1n) is 9.14. The lowest BCUT2D eigenvalue weighted by Gasteiger charge is -2.20. The second-order valence-electron chi connectivity index (χ2n) is 6.88. The van der Waals surface area contributed by atoms with E-state index in [9.17, 15) is 4.79 Å². The number of hydrogen-bond acceptors (Lipinski definition) is 2. The van der Waals surface area contributed by atoms with Crippen molar-refractivity contribution in [3.63, 3.8) is 0 Å². The van der Waals surface area contributed by atoms with Crippen LogP contribution in [0.3, 0.4) is 0 Å². The molecule has 0 saturated carbocycles. The van der Waals surface area contributed by atoms with E-state index in [0.717, 1.165) is 12.3 Å². The number of carbonyl (C=O) groups is 1. The lowest BCUT2D eigenvalue weighted by Crippen LogP contribution is -2.20. The van der Waals surface area contributed by atoms with E-state index in [2.05, 4.69) is 20.8 Å². The smallest absolute Gasteiger partial charge is 0.302 e. The molecule has 0 aliphatic rings. The van der Waals surface area contributed by atoms with Gasteiger partial charge in [-0.15, -0.1) is 0 Å². The van der Waals surface area contributed by atoms with E-state index in [0.29, 0.717) is 5.92 Å². The van der Waals surface area contributed by atoms with Gasteiger partial charge in [0.1, 0.15) is 6.10 Å². The van der Waals surface area contributed by atoms with Gasteiger partial charge in [0.05, 0.1) is 0 Å². The first-order valence-corrected chi connectivity index (χ1v) is 9.14. The third kappa shape index (κ3) is 12.9. The van der Waals surface area contributed by atoms with Crippen LogP contribution in [0.15, 0.2) is 0 Å². The lowest BCUT2D eigenvalue weighted by molar-refractivity contribution is -0.147. The van der Waals surface area contributed by atoms with Crippen LogP contribution in [0.2, 0.25) is 0 Å². The van der Waals surface area contributed by atoms with Crippen molar-refractivity contribution in [1.29, 1.82) is 0 Å². The highest BCUT2D eigenvalue weighted by molar-refractivity contribution is 5.66. The normalized spacial score (nSPS) is 15.5. The van der Waals surface area contributed by atoms with Gasteiger partial charge in [-0.1, -0.05) is 78.6 Å². The summed E-state index contributed by atoms with van der Waals surface area (Å²) < 4.78 is 5.24. The van der Waals surface area contributed by atoms with Crippen molar-refractivity contribution in [3.05, 3.63) is 0 Å². The molecule has 0 aliphatic carbocycles. The van der Waals surface area contributed by atoms with Crippen molar-refractivity contribution in [2.24, 2.45) is 11.8 Å². The Morgan fingerprint density at radius 2 is 1.43 bits per heavy atom. The van der Waals surface area contributed by atoms with Gasteiger partial charge in [-0.05, 0) is 25.2 Å². The van der Waals surface area contributed by atoms with Gasteiger partial charge in [0.15, 0.2) is 0 Å². The van der Waals surface area contributed by atoms with E-state index >= 15 is 0 Å². The fourth-order valence-electron chi connectivity index (χ4n) is 2.82. The summed E-state index contributed by atoms with van der Waals surface area (Å²) in [6.45, 7) is 10.3. The van der Waals surface area contributed by atoms with Gasteiger partial charge >= 0.3 is 5.97 Å². The molecule has 0 saturated heterocycles. The van der Waals surface area contributed by atoms with Crippen molar-refractivity contribution in [3.8, 4) is 0 Å². The number of carbonyl (C=O) groups excluding carboxylic acids is 1. The molecule has 2 nitrogen and oxygen atoms in total. The summed E-state index contributed by atoms with van der Waals surface area (Å²) in [5.41, 5.74) is 0.